The Balaban J connectivity index is 2.24. The molecule has 0 fully saturated rings. The molecule has 3 nitrogen and oxygen atoms in total. The summed E-state index contributed by atoms with van der Waals surface area (Å²) in [5.41, 5.74) is 4.65. The summed E-state index contributed by atoms with van der Waals surface area (Å²) >= 11 is 3.66. The lowest BCUT2D eigenvalue weighted by molar-refractivity contribution is 0.424. The third-order valence-electron chi connectivity index (χ3n) is 3.10. The number of aryl methyl sites for hydroxylation is 2. The Hall–Kier alpha value is -1.13. The zero-order valence-electron chi connectivity index (χ0n) is 12.8. The summed E-state index contributed by atoms with van der Waals surface area (Å²) in [4.78, 5) is 0. The van der Waals surface area contributed by atoms with Crippen LogP contribution in [-0.2, 0) is 6.54 Å². The predicted octanol–water partition coefficient (Wildman–Crippen LogP) is 4.14. The van der Waals surface area contributed by atoms with Gasteiger partial charge in [-0.05, 0) is 58.4 Å². The molecule has 1 heterocycles. The van der Waals surface area contributed by atoms with Crippen LogP contribution in [0.4, 0.5) is 0 Å². The molecule has 20 heavy (non-hydrogen) atoms. The number of halogens is 1. The van der Waals surface area contributed by atoms with Crippen LogP contribution in [0.2, 0.25) is 0 Å². The summed E-state index contributed by atoms with van der Waals surface area (Å²) in [5.74, 6) is 0. The van der Waals surface area contributed by atoms with Crippen molar-refractivity contribution in [2.45, 2.75) is 46.7 Å². The van der Waals surface area contributed by atoms with Gasteiger partial charge in [-0.3, -0.25) is 0 Å². The van der Waals surface area contributed by atoms with Crippen LogP contribution < -0.4 is 5.32 Å². The van der Waals surface area contributed by atoms with E-state index in [0.717, 1.165) is 28.1 Å². The molecule has 2 aromatic rings. The second-order valence-electron chi connectivity index (χ2n) is 6.22. The summed E-state index contributed by atoms with van der Waals surface area (Å²) in [6.07, 6.45) is 0. The lowest BCUT2D eigenvalue weighted by Gasteiger charge is -2.21. The van der Waals surface area contributed by atoms with E-state index in [1.807, 2.05) is 11.6 Å². The highest BCUT2D eigenvalue weighted by Crippen LogP contribution is 2.22. The van der Waals surface area contributed by atoms with Gasteiger partial charge in [0.1, 0.15) is 0 Å². The largest absolute Gasteiger partial charge is 0.308 e. The van der Waals surface area contributed by atoms with Crippen molar-refractivity contribution in [3.05, 3.63) is 45.7 Å². The first-order valence-electron chi connectivity index (χ1n) is 6.83. The molecule has 2 rings (SSSR count). The van der Waals surface area contributed by atoms with E-state index in [2.05, 4.69) is 78.3 Å². The molecule has 1 aromatic heterocycles. The normalized spacial score (nSPS) is 11.9. The van der Waals surface area contributed by atoms with Gasteiger partial charge in [0.25, 0.3) is 0 Å². The standard InChI is InChI=1S/C16H22BrN3/c1-11-8-12(2)20(19-11)14-7-6-13(15(17)9-14)10-18-16(3,4)5/h6-9,18H,10H2,1-5H3. The van der Waals surface area contributed by atoms with Gasteiger partial charge in [-0.2, -0.15) is 5.10 Å². The summed E-state index contributed by atoms with van der Waals surface area (Å²) in [6, 6.07) is 8.47. The number of aromatic nitrogens is 2. The zero-order chi connectivity index (χ0) is 14.9. The Bertz CT molecular complexity index is 609. The third kappa shape index (κ3) is 3.70. The number of nitrogens with zero attached hydrogens (tertiary/aromatic N) is 2. The van der Waals surface area contributed by atoms with Gasteiger partial charge < -0.3 is 5.32 Å². The Morgan fingerprint density at radius 3 is 2.40 bits per heavy atom. The number of hydrogen-bond acceptors (Lipinski definition) is 2. The first-order chi connectivity index (χ1) is 9.26. The van der Waals surface area contributed by atoms with E-state index in [1.54, 1.807) is 0 Å². The van der Waals surface area contributed by atoms with Gasteiger partial charge in [0.05, 0.1) is 11.4 Å². The molecule has 0 aliphatic heterocycles. The molecule has 0 aliphatic carbocycles. The summed E-state index contributed by atoms with van der Waals surface area (Å²) in [5, 5.41) is 8.02. The lowest BCUT2D eigenvalue weighted by atomic mass is 10.1. The fourth-order valence-corrected chi connectivity index (χ4v) is 2.57. The Morgan fingerprint density at radius 1 is 1.20 bits per heavy atom. The van der Waals surface area contributed by atoms with Crippen LogP contribution in [0, 0.1) is 13.8 Å². The van der Waals surface area contributed by atoms with E-state index in [1.165, 1.54) is 5.56 Å². The van der Waals surface area contributed by atoms with Gasteiger partial charge >= 0.3 is 0 Å². The number of hydrogen-bond donors (Lipinski definition) is 1. The molecular formula is C16H22BrN3. The molecule has 1 N–H and O–H groups in total. The van der Waals surface area contributed by atoms with Crippen LogP contribution in [0.15, 0.2) is 28.7 Å². The maximum Gasteiger partial charge on any atom is 0.0660 e. The molecule has 1 aromatic carbocycles. The maximum absolute atomic E-state index is 4.52. The van der Waals surface area contributed by atoms with Gasteiger partial charge in [0.15, 0.2) is 0 Å². The van der Waals surface area contributed by atoms with Gasteiger partial charge in [0.2, 0.25) is 0 Å². The third-order valence-corrected chi connectivity index (χ3v) is 3.84. The lowest BCUT2D eigenvalue weighted by Crippen LogP contribution is -2.35. The highest BCUT2D eigenvalue weighted by atomic mass is 79.9. The topological polar surface area (TPSA) is 29.9 Å². The minimum atomic E-state index is 0.119. The van der Waals surface area contributed by atoms with Crippen LogP contribution in [0.25, 0.3) is 5.69 Å². The molecule has 0 amide bonds. The van der Waals surface area contributed by atoms with E-state index in [9.17, 15) is 0 Å². The number of rotatable bonds is 3. The molecule has 0 radical (unpaired) electrons. The van der Waals surface area contributed by atoms with Gasteiger partial charge in [-0.15, -0.1) is 0 Å². The van der Waals surface area contributed by atoms with Crippen molar-refractivity contribution < 1.29 is 0 Å². The molecule has 0 saturated heterocycles. The van der Waals surface area contributed by atoms with Crippen LogP contribution in [0.5, 0.6) is 0 Å². The van der Waals surface area contributed by atoms with Gasteiger partial charge in [-0.1, -0.05) is 22.0 Å². The minimum absolute atomic E-state index is 0.119. The Labute approximate surface area is 129 Å². The maximum atomic E-state index is 4.52. The molecule has 0 saturated carbocycles. The second kappa shape index (κ2) is 5.70. The highest BCUT2D eigenvalue weighted by molar-refractivity contribution is 9.10. The average molecular weight is 336 g/mol. The summed E-state index contributed by atoms with van der Waals surface area (Å²) < 4.78 is 3.08. The number of nitrogens with one attached hydrogen (secondary N) is 1. The van der Waals surface area contributed by atoms with Crippen molar-refractivity contribution >= 4 is 15.9 Å². The van der Waals surface area contributed by atoms with E-state index in [4.69, 9.17) is 0 Å². The molecule has 4 heteroatoms. The Morgan fingerprint density at radius 2 is 1.90 bits per heavy atom. The molecule has 108 valence electrons. The molecule has 0 aliphatic rings. The summed E-state index contributed by atoms with van der Waals surface area (Å²) in [7, 11) is 0. The van der Waals surface area contributed by atoms with Crippen molar-refractivity contribution in [2.24, 2.45) is 0 Å². The van der Waals surface area contributed by atoms with Gasteiger partial charge in [0, 0.05) is 22.3 Å². The van der Waals surface area contributed by atoms with Crippen LogP contribution in [-0.4, -0.2) is 15.3 Å². The van der Waals surface area contributed by atoms with Crippen molar-refractivity contribution in [3.8, 4) is 5.69 Å². The summed E-state index contributed by atoms with van der Waals surface area (Å²) in [6.45, 7) is 11.5. The van der Waals surface area contributed by atoms with Gasteiger partial charge in [-0.25, -0.2) is 4.68 Å². The monoisotopic (exact) mass is 335 g/mol. The van der Waals surface area contributed by atoms with E-state index in [0.29, 0.717) is 0 Å². The first kappa shape index (κ1) is 15.3. The van der Waals surface area contributed by atoms with Crippen LogP contribution in [0.3, 0.4) is 0 Å². The van der Waals surface area contributed by atoms with E-state index in [-0.39, 0.29) is 5.54 Å². The van der Waals surface area contributed by atoms with Crippen molar-refractivity contribution in [2.75, 3.05) is 0 Å². The first-order valence-corrected chi connectivity index (χ1v) is 7.63. The van der Waals surface area contributed by atoms with Crippen LogP contribution >= 0.6 is 15.9 Å². The average Bonchev–Trinajstić information content (AvgIpc) is 2.65. The molecule has 0 bridgehead atoms. The highest BCUT2D eigenvalue weighted by Gasteiger charge is 2.11. The second-order valence-corrected chi connectivity index (χ2v) is 7.07. The molecule has 0 spiro atoms. The molecule has 0 atom stereocenters. The SMILES string of the molecule is Cc1cc(C)n(-c2ccc(CNC(C)(C)C)c(Br)c2)n1. The minimum Gasteiger partial charge on any atom is -0.308 e. The quantitative estimate of drug-likeness (QED) is 0.913. The fourth-order valence-electron chi connectivity index (χ4n) is 2.06. The van der Waals surface area contributed by atoms with E-state index >= 15 is 0 Å². The zero-order valence-corrected chi connectivity index (χ0v) is 14.4. The predicted molar refractivity (Wildman–Crippen MR) is 87.3 cm³/mol. The van der Waals surface area contributed by atoms with Crippen molar-refractivity contribution in [3.63, 3.8) is 0 Å². The van der Waals surface area contributed by atoms with Crippen LogP contribution in [0.1, 0.15) is 37.7 Å². The van der Waals surface area contributed by atoms with Crippen molar-refractivity contribution in [1.29, 1.82) is 0 Å². The Kier molecular flexibility index (Phi) is 4.35. The molecule has 0 unspecified atom stereocenters. The fraction of sp³-hybridized carbons (Fsp3) is 0.438. The van der Waals surface area contributed by atoms with E-state index < -0.39 is 0 Å². The number of benzene rings is 1. The van der Waals surface area contributed by atoms with Crippen molar-refractivity contribution in [1.82, 2.24) is 15.1 Å². The molecular weight excluding hydrogens is 314 g/mol. The smallest absolute Gasteiger partial charge is 0.0660 e.